The molecule has 0 aliphatic carbocycles. The fourth-order valence-electron chi connectivity index (χ4n) is 2.61. The molecule has 0 atom stereocenters. The molecule has 0 radical (unpaired) electrons. The number of aromatic nitrogens is 1. The second kappa shape index (κ2) is 9.64. The Labute approximate surface area is 183 Å². The molecule has 7 nitrogen and oxygen atoms in total. The van der Waals surface area contributed by atoms with Gasteiger partial charge in [0.1, 0.15) is 5.75 Å². The molecule has 0 spiro atoms. The van der Waals surface area contributed by atoms with E-state index in [1.54, 1.807) is 49.4 Å². The molecule has 0 aliphatic heterocycles. The van der Waals surface area contributed by atoms with Crippen LogP contribution < -0.4 is 15.4 Å². The number of hydrogen-bond acceptors (Lipinski definition) is 7. The summed E-state index contributed by atoms with van der Waals surface area (Å²) in [6, 6.07) is 12.0. The number of rotatable bonds is 6. The van der Waals surface area contributed by atoms with Gasteiger partial charge in [0.25, 0.3) is 5.91 Å². The smallest absolute Gasteiger partial charge is 0.338 e. The fraction of sp³-hybridized carbons (Fsp3) is 0.238. The monoisotopic (exact) mass is 443 g/mol. The first kappa shape index (κ1) is 21.7. The molecular weight excluding hydrogens is 422 g/mol. The standard InChI is InChI=1S/C21H21N3O4S2/c1-4-27-19(26)14-8-9-16-17(11-14)30-21(22-16)24-20(29)23-18(25)13-6-5-7-15(10-13)28-12(2)3/h5-12H,4H2,1-3H3,(H2,22,23,24,25,29). The van der Waals surface area contributed by atoms with E-state index in [1.807, 2.05) is 13.8 Å². The third-order valence-corrected chi connectivity index (χ3v) is 4.95. The van der Waals surface area contributed by atoms with Crippen molar-refractivity contribution in [3.05, 3.63) is 53.6 Å². The van der Waals surface area contributed by atoms with Gasteiger partial charge in [0.15, 0.2) is 10.2 Å². The summed E-state index contributed by atoms with van der Waals surface area (Å²) in [5.41, 5.74) is 1.60. The number of ether oxygens (including phenoxy) is 2. The van der Waals surface area contributed by atoms with Crippen molar-refractivity contribution < 1.29 is 19.1 Å². The summed E-state index contributed by atoms with van der Waals surface area (Å²) in [6.07, 6.45) is 0.00874. The van der Waals surface area contributed by atoms with Gasteiger partial charge in [-0.15, -0.1) is 0 Å². The zero-order chi connectivity index (χ0) is 21.7. The van der Waals surface area contributed by atoms with Crippen molar-refractivity contribution in [2.45, 2.75) is 26.9 Å². The first-order valence-corrected chi connectivity index (χ1v) is 10.5. The predicted molar refractivity (Wildman–Crippen MR) is 121 cm³/mol. The van der Waals surface area contributed by atoms with Gasteiger partial charge < -0.3 is 14.8 Å². The van der Waals surface area contributed by atoms with E-state index in [0.717, 1.165) is 4.70 Å². The fourth-order valence-corrected chi connectivity index (χ4v) is 3.77. The first-order chi connectivity index (χ1) is 14.4. The maximum absolute atomic E-state index is 12.5. The third kappa shape index (κ3) is 5.52. The number of benzene rings is 2. The SMILES string of the molecule is CCOC(=O)c1ccc2nc(NC(=S)NC(=O)c3cccc(OC(C)C)c3)sc2c1. The highest BCUT2D eigenvalue weighted by Crippen LogP contribution is 2.27. The number of esters is 1. The quantitative estimate of drug-likeness (QED) is 0.431. The summed E-state index contributed by atoms with van der Waals surface area (Å²) in [5.74, 6) is -0.124. The van der Waals surface area contributed by atoms with Crippen molar-refractivity contribution in [3.63, 3.8) is 0 Å². The minimum absolute atomic E-state index is 0.00874. The number of thiazole rings is 1. The van der Waals surface area contributed by atoms with Crippen molar-refractivity contribution in [3.8, 4) is 5.75 Å². The second-order valence-corrected chi connectivity index (χ2v) is 7.96. The average Bonchev–Trinajstić information content (AvgIpc) is 3.08. The largest absolute Gasteiger partial charge is 0.491 e. The Kier molecular flexibility index (Phi) is 6.96. The van der Waals surface area contributed by atoms with Gasteiger partial charge >= 0.3 is 5.97 Å². The number of thiocarbonyl (C=S) groups is 1. The third-order valence-electron chi connectivity index (χ3n) is 3.82. The van der Waals surface area contributed by atoms with Crippen LogP contribution in [0.2, 0.25) is 0 Å². The van der Waals surface area contributed by atoms with E-state index in [-0.39, 0.29) is 23.1 Å². The van der Waals surface area contributed by atoms with E-state index in [1.165, 1.54) is 11.3 Å². The van der Waals surface area contributed by atoms with Crippen molar-refractivity contribution in [2.24, 2.45) is 0 Å². The molecule has 0 saturated carbocycles. The topological polar surface area (TPSA) is 89.5 Å². The number of anilines is 1. The zero-order valence-corrected chi connectivity index (χ0v) is 18.4. The number of carbonyl (C=O) groups is 2. The van der Waals surface area contributed by atoms with Gasteiger partial charge in [-0.3, -0.25) is 10.1 Å². The Morgan fingerprint density at radius 3 is 2.70 bits per heavy atom. The van der Waals surface area contributed by atoms with Crippen molar-refractivity contribution in [1.29, 1.82) is 0 Å². The Hall–Kier alpha value is -3.04. The van der Waals surface area contributed by atoms with Crippen LogP contribution in [0, 0.1) is 0 Å². The molecule has 3 aromatic rings. The lowest BCUT2D eigenvalue weighted by Gasteiger charge is -2.11. The number of nitrogens with one attached hydrogen (secondary N) is 2. The predicted octanol–water partition coefficient (Wildman–Crippen LogP) is 4.39. The van der Waals surface area contributed by atoms with Crippen LogP contribution in [0.5, 0.6) is 5.75 Å². The maximum Gasteiger partial charge on any atom is 0.338 e. The molecule has 0 bridgehead atoms. The molecule has 9 heteroatoms. The Morgan fingerprint density at radius 2 is 1.97 bits per heavy atom. The lowest BCUT2D eigenvalue weighted by Crippen LogP contribution is -2.34. The lowest BCUT2D eigenvalue weighted by molar-refractivity contribution is 0.0526. The number of hydrogen-bond donors (Lipinski definition) is 2. The van der Waals surface area contributed by atoms with Crippen molar-refractivity contribution in [2.75, 3.05) is 11.9 Å². The summed E-state index contributed by atoms with van der Waals surface area (Å²) < 4.78 is 11.4. The molecule has 156 valence electrons. The van der Waals surface area contributed by atoms with E-state index in [4.69, 9.17) is 21.7 Å². The summed E-state index contributed by atoms with van der Waals surface area (Å²) in [7, 11) is 0. The van der Waals surface area contributed by atoms with Gasteiger partial charge in [-0.1, -0.05) is 17.4 Å². The Balaban J connectivity index is 1.66. The molecule has 30 heavy (non-hydrogen) atoms. The van der Waals surface area contributed by atoms with E-state index in [9.17, 15) is 9.59 Å². The van der Waals surface area contributed by atoms with E-state index in [2.05, 4.69) is 15.6 Å². The van der Waals surface area contributed by atoms with Crippen LogP contribution in [0.4, 0.5) is 5.13 Å². The molecule has 3 rings (SSSR count). The number of carbonyl (C=O) groups excluding carboxylic acids is 2. The van der Waals surface area contributed by atoms with Crippen LogP contribution in [0.3, 0.4) is 0 Å². The van der Waals surface area contributed by atoms with Gasteiger partial charge in [0, 0.05) is 5.56 Å². The van der Waals surface area contributed by atoms with Crippen LogP contribution in [-0.2, 0) is 4.74 Å². The molecule has 1 heterocycles. The molecule has 0 saturated heterocycles. The summed E-state index contributed by atoms with van der Waals surface area (Å²) in [4.78, 5) is 28.8. The maximum atomic E-state index is 12.5. The van der Waals surface area contributed by atoms with Crippen molar-refractivity contribution in [1.82, 2.24) is 10.3 Å². The number of amides is 1. The first-order valence-electron chi connectivity index (χ1n) is 9.32. The molecule has 2 aromatic carbocycles. The van der Waals surface area contributed by atoms with E-state index in [0.29, 0.717) is 34.1 Å². The average molecular weight is 444 g/mol. The van der Waals surface area contributed by atoms with Crippen molar-refractivity contribution >= 4 is 55.9 Å². The zero-order valence-electron chi connectivity index (χ0n) is 16.7. The van der Waals surface area contributed by atoms with Crippen LogP contribution in [0.25, 0.3) is 10.2 Å². The summed E-state index contributed by atoms with van der Waals surface area (Å²) in [5, 5.41) is 6.18. The minimum atomic E-state index is -0.381. The van der Waals surface area contributed by atoms with Gasteiger partial charge in [0.05, 0.1) is 28.5 Å². The summed E-state index contributed by atoms with van der Waals surface area (Å²) >= 11 is 6.56. The lowest BCUT2D eigenvalue weighted by atomic mass is 10.2. The highest BCUT2D eigenvalue weighted by molar-refractivity contribution is 7.80. The normalized spacial score (nSPS) is 10.7. The van der Waals surface area contributed by atoms with Crippen LogP contribution in [-0.4, -0.2) is 34.7 Å². The molecule has 2 N–H and O–H groups in total. The van der Waals surface area contributed by atoms with Crippen LogP contribution >= 0.6 is 23.6 Å². The van der Waals surface area contributed by atoms with Gasteiger partial charge in [-0.25, -0.2) is 9.78 Å². The second-order valence-electron chi connectivity index (χ2n) is 6.52. The van der Waals surface area contributed by atoms with Gasteiger partial charge in [0.2, 0.25) is 0 Å². The van der Waals surface area contributed by atoms with Crippen LogP contribution in [0.1, 0.15) is 41.5 Å². The van der Waals surface area contributed by atoms with Crippen LogP contribution in [0.15, 0.2) is 42.5 Å². The number of fused-ring (bicyclic) bond motifs is 1. The molecule has 1 aromatic heterocycles. The molecular formula is C21H21N3O4S2. The Morgan fingerprint density at radius 1 is 1.17 bits per heavy atom. The minimum Gasteiger partial charge on any atom is -0.491 e. The highest BCUT2D eigenvalue weighted by Gasteiger charge is 2.13. The summed E-state index contributed by atoms with van der Waals surface area (Å²) in [6.45, 7) is 5.90. The molecule has 0 aliphatic rings. The highest BCUT2D eigenvalue weighted by atomic mass is 32.1. The number of nitrogens with zero attached hydrogens (tertiary/aromatic N) is 1. The molecule has 0 unspecified atom stereocenters. The van der Waals surface area contributed by atoms with E-state index < -0.39 is 0 Å². The van der Waals surface area contributed by atoms with Gasteiger partial charge in [-0.2, -0.15) is 0 Å². The van der Waals surface area contributed by atoms with Gasteiger partial charge in [-0.05, 0) is 69.4 Å². The molecule has 1 amide bonds. The van der Waals surface area contributed by atoms with E-state index >= 15 is 0 Å². The Bertz CT molecular complexity index is 1090. The molecule has 0 fully saturated rings.